The zero-order chi connectivity index (χ0) is 22.1. The minimum atomic E-state index is -0.540. The van der Waals surface area contributed by atoms with Gasteiger partial charge < -0.3 is 10.6 Å². The van der Waals surface area contributed by atoms with Crippen LogP contribution in [0.25, 0.3) is 0 Å². The fourth-order valence-electron chi connectivity index (χ4n) is 4.69. The monoisotopic (exact) mass is 419 g/mol. The fraction of sp³-hybridized carbons (Fsp3) is 0.333. The number of nitrogens with zero attached hydrogens (tertiary/aromatic N) is 1. The van der Waals surface area contributed by atoms with Crippen LogP contribution in [0, 0.1) is 23.0 Å². The van der Waals surface area contributed by atoms with Crippen molar-refractivity contribution in [1.82, 2.24) is 5.32 Å². The van der Waals surface area contributed by atoms with Crippen molar-refractivity contribution in [3.05, 3.63) is 81.0 Å². The summed E-state index contributed by atoms with van der Waals surface area (Å²) in [5.74, 6) is -1.13. The predicted octanol–water partition coefficient (Wildman–Crippen LogP) is 4.24. The number of non-ortho nitro benzene ring substituents is 1. The number of Topliss-reactive ketones (excluding diaryl/α,β-unsaturated/α-hetero) is 1. The second-order valence-corrected chi connectivity index (χ2v) is 8.26. The van der Waals surface area contributed by atoms with Gasteiger partial charge in [0.25, 0.3) is 5.69 Å². The Hall–Kier alpha value is -3.48. The van der Waals surface area contributed by atoms with Crippen molar-refractivity contribution in [1.29, 1.82) is 0 Å². The first-order valence-corrected chi connectivity index (χ1v) is 10.5. The first kappa shape index (κ1) is 20.8. The Morgan fingerprint density at radius 3 is 2.52 bits per heavy atom. The SMILES string of the molecule is Cc1ccccc1NC(=O)C1C(C)NC2=C(C(=O)CCC2)C1c1ccc([N+](=O)[O-])cc1. The molecule has 2 aliphatic rings. The molecule has 3 atom stereocenters. The molecule has 0 aromatic heterocycles. The van der Waals surface area contributed by atoms with Crippen molar-refractivity contribution in [3.63, 3.8) is 0 Å². The van der Waals surface area contributed by atoms with Gasteiger partial charge in [0.05, 0.1) is 10.8 Å². The summed E-state index contributed by atoms with van der Waals surface area (Å²) in [6, 6.07) is 13.6. The first-order valence-electron chi connectivity index (χ1n) is 10.5. The van der Waals surface area contributed by atoms with E-state index in [0.29, 0.717) is 12.0 Å². The maximum atomic E-state index is 13.5. The fourth-order valence-corrected chi connectivity index (χ4v) is 4.69. The van der Waals surface area contributed by atoms with Gasteiger partial charge in [-0.1, -0.05) is 30.3 Å². The second-order valence-electron chi connectivity index (χ2n) is 8.26. The average Bonchev–Trinajstić information content (AvgIpc) is 2.74. The molecule has 1 amide bonds. The van der Waals surface area contributed by atoms with Crippen LogP contribution in [0.1, 0.15) is 43.2 Å². The van der Waals surface area contributed by atoms with E-state index >= 15 is 0 Å². The number of para-hydroxylation sites is 1. The topological polar surface area (TPSA) is 101 Å². The zero-order valence-electron chi connectivity index (χ0n) is 17.6. The molecule has 2 aromatic carbocycles. The smallest absolute Gasteiger partial charge is 0.269 e. The first-order chi connectivity index (χ1) is 14.9. The molecule has 1 aliphatic heterocycles. The summed E-state index contributed by atoms with van der Waals surface area (Å²) < 4.78 is 0. The second kappa shape index (κ2) is 8.34. The van der Waals surface area contributed by atoms with Crippen molar-refractivity contribution >= 4 is 23.1 Å². The Balaban J connectivity index is 1.77. The van der Waals surface area contributed by atoms with E-state index in [-0.39, 0.29) is 23.4 Å². The van der Waals surface area contributed by atoms with E-state index in [2.05, 4.69) is 10.6 Å². The standard InChI is InChI=1S/C24H25N3O4/c1-14-6-3-4-7-18(14)26-24(29)21-15(2)25-19-8-5-9-20(28)23(19)22(21)16-10-12-17(13-11-16)27(30)31/h3-4,6-7,10-13,15,21-22,25H,5,8-9H2,1-2H3,(H,26,29). The summed E-state index contributed by atoms with van der Waals surface area (Å²) in [6.07, 6.45) is 2.00. The molecule has 160 valence electrons. The van der Waals surface area contributed by atoms with E-state index < -0.39 is 16.8 Å². The van der Waals surface area contributed by atoms with Crippen molar-refractivity contribution < 1.29 is 14.5 Å². The van der Waals surface area contributed by atoms with Gasteiger partial charge in [0.15, 0.2) is 5.78 Å². The van der Waals surface area contributed by atoms with Crippen LogP contribution < -0.4 is 10.6 Å². The van der Waals surface area contributed by atoms with Crippen LogP contribution in [0.2, 0.25) is 0 Å². The van der Waals surface area contributed by atoms with Gasteiger partial charge >= 0.3 is 0 Å². The molecule has 0 saturated carbocycles. The molecular weight excluding hydrogens is 394 g/mol. The molecule has 7 nitrogen and oxygen atoms in total. The van der Waals surface area contributed by atoms with Crippen LogP contribution in [0.3, 0.4) is 0 Å². The summed E-state index contributed by atoms with van der Waals surface area (Å²) in [5, 5.41) is 17.5. The number of nitro groups is 1. The van der Waals surface area contributed by atoms with Crippen LogP contribution in [0.5, 0.6) is 0 Å². The van der Waals surface area contributed by atoms with Crippen LogP contribution in [0.15, 0.2) is 59.8 Å². The van der Waals surface area contributed by atoms with Crippen molar-refractivity contribution in [2.24, 2.45) is 5.92 Å². The van der Waals surface area contributed by atoms with Crippen LogP contribution in [0.4, 0.5) is 11.4 Å². The summed E-state index contributed by atoms with van der Waals surface area (Å²) in [7, 11) is 0. The normalized spacial score (nSPS) is 23.0. The third-order valence-electron chi connectivity index (χ3n) is 6.24. The Morgan fingerprint density at radius 2 is 1.84 bits per heavy atom. The van der Waals surface area contributed by atoms with Gasteiger partial charge in [-0.15, -0.1) is 0 Å². The Labute approximate surface area is 180 Å². The van der Waals surface area contributed by atoms with Gasteiger partial charge in [0.2, 0.25) is 5.91 Å². The lowest BCUT2D eigenvalue weighted by molar-refractivity contribution is -0.384. The minimum absolute atomic E-state index is 0.0178. The molecule has 1 heterocycles. The summed E-state index contributed by atoms with van der Waals surface area (Å²) in [4.78, 5) is 37.1. The molecule has 0 fully saturated rings. The van der Waals surface area contributed by atoms with Gasteiger partial charge in [-0.2, -0.15) is 0 Å². The number of benzene rings is 2. The zero-order valence-corrected chi connectivity index (χ0v) is 17.6. The highest BCUT2D eigenvalue weighted by molar-refractivity contribution is 6.02. The van der Waals surface area contributed by atoms with Crippen LogP contribution in [-0.2, 0) is 9.59 Å². The maximum absolute atomic E-state index is 13.5. The number of nitrogens with one attached hydrogen (secondary N) is 2. The average molecular weight is 419 g/mol. The van der Waals surface area contributed by atoms with Gasteiger partial charge in [0, 0.05) is 47.5 Å². The Kier molecular flexibility index (Phi) is 5.59. The molecule has 0 bridgehead atoms. The van der Waals surface area contributed by atoms with Gasteiger partial charge in [-0.3, -0.25) is 19.7 Å². The molecule has 0 saturated heterocycles. The predicted molar refractivity (Wildman–Crippen MR) is 118 cm³/mol. The third-order valence-corrected chi connectivity index (χ3v) is 6.24. The van der Waals surface area contributed by atoms with E-state index in [4.69, 9.17) is 0 Å². The number of aryl methyl sites for hydroxylation is 1. The van der Waals surface area contributed by atoms with Gasteiger partial charge in [0.1, 0.15) is 0 Å². The molecule has 4 rings (SSSR count). The third kappa shape index (κ3) is 3.95. The molecule has 1 aliphatic carbocycles. The maximum Gasteiger partial charge on any atom is 0.269 e. The molecular formula is C24H25N3O4. The molecule has 7 heteroatoms. The number of amides is 1. The summed E-state index contributed by atoms with van der Waals surface area (Å²) in [5.41, 5.74) is 3.95. The number of allylic oxidation sites excluding steroid dienone is 2. The quantitative estimate of drug-likeness (QED) is 0.570. The Morgan fingerprint density at radius 1 is 1.13 bits per heavy atom. The van der Waals surface area contributed by atoms with Crippen molar-refractivity contribution in [3.8, 4) is 0 Å². The van der Waals surface area contributed by atoms with E-state index in [1.54, 1.807) is 12.1 Å². The van der Waals surface area contributed by atoms with Crippen molar-refractivity contribution in [2.45, 2.75) is 45.1 Å². The lowest BCUT2D eigenvalue weighted by atomic mass is 9.69. The van der Waals surface area contributed by atoms with Crippen molar-refractivity contribution in [2.75, 3.05) is 5.32 Å². The Bertz CT molecular complexity index is 1070. The van der Waals surface area contributed by atoms with Crippen LogP contribution in [-0.4, -0.2) is 22.7 Å². The van der Waals surface area contributed by atoms with Gasteiger partial charge in [-0.25, -0.2) is 0 Å². The van der Waals surface area contributed by atoms with Gasteiger partial charge in [-0.05, 0) is 43.9 Å². The highest BCUT2D eigenvalue weighted by atomic mass is 16.6. The molecule has 3 unspecified atom stereocenters. The molecule has 31 heavy (non-hydrogen) atoms. The number of nitro benzene ring substituents is 1. The lowest BCUT2D eigenvalue weighted by Crippen LogP contribution is -2.49. The highest BCUT2D eigenvalue weighted by Crippen LogP contribution is 2.43. The highest BCUT2D eigenvalue weighted by Gasteiger charge is 2.44. The molecule has 2 aromatic rings. The number of anilines is 1. The number of rotatable bonds is 4. The largest absolute Gasteiger partial charge is 0.385 e. The number of carbonyl (C=O) groups excluding carboxylic acids is 2. The van der Waals surface area contributed by atoms with E-state index in [0.717, 1.165) is 35.4 Å². The van der Waals surface area contributed by atoms with Crippen LogP contribution >= 0.6 is 0 Å². The lowest BCUT2D eigenvalue weighted by Gasteiger charge is -2.41. The summed E-state index contributed by atoms with van der Waals surface area (Å²) >= 11 is 0. The molecule has 0 radical (unpaired) electrons. The van der Waals surface area contributed by atoms with E-state index in [1.165, 1.54) is 12.1 Å². The number of ketones is 1. The number of hydrogen-bond acceptors (Lipinski definition) is 5. The van der Waals surface area contributed by atoms with E-state index in [1.807, 2.05) is 38.1 Å². The molecule has 2 N–H and O–H groups in total. The minimum Gasteiger partial charge on any atom is -0.385 e. The van der Waals surface area contributed by atoms with E-state index in [9.17, 15) is 19.7 Å². The summed E-state index contributed by atoms with van der Waals surface area (Å²) in [6.45, 7) is 3.88. The number of carbonyl (C=O) groups is 2. The molecule has 0 spiro atoms. The number of hydrogen-bond donors (Lipinski definition) is 2.